The van der Waals surface area contributed by atoms with Gasteiger partial charge in [0.05, 0.1) is 5.56 Å². The lowest BCUT2D eigenvalue weighted by Crippen LogP contribution is -2.49. The largest absolute Gasteiger partial charge is 0.478 e. The number of nitrogens with zero attached hydrogens (tertiary/aromatic N) is 5. The summed E-state index contributed by atoms with van der Waals surface area (Å²) in [5.74, 6) is 0.528. The van der Waals surface area contributed by atoms with Gasteiger partial charge < -0.3 is 19.3 Å². The molecule has 9 nitrogen and oxygen atoms in total. The van der Waals surface area contributed by atoms with E-state index in [2.05, 4.69) is 14.9 Å². The molecular weight excluding hydrogens is 478 g/mol. The molecule has 1 aliphatic rings. The van der Waals surface area contributed by atoms with Crippen molar-refractivity contribution in [1.82, 2.24) is 24.3 Å². The summed E-state index contributed by atoms with van der Waals surface area (Å²) in [5, 5.41) is 9.96. The van der Waals surface area contributed by atoms with Crippen LogP contribution in [0.5, 0.6) is 5.75 Å². The Kier molecular flexibility index (Phi) is 8.96. The van der Waals surface area contributed by atoms with Crippen molar-refractivity contribution < 1.29 is 19.4 Å². The number of rotatable bonds is 10. The zero-order valence-electron chi connectivity index (χ0n) is 20.4. The predicted molar refractivity (Wildman–Crippen MR) is 138 cm³/mol. The van der Waals surface area contributed by atoms with Gasteiger partial charge in [-0.2, -0.15) is 0 Å². The van der Waals surface area contributed by atoms with E-state index in [-0.39, 0.29) is 11.7 Å². The molecular formula is C26H31N5O4S. The number of aromatic nitrogens is 3. The number of carboxylic acid groups (broad SMARTS) is 1. The average Bonchev–Trinajstić information content (AvgIpc) is 3.30. The monoisotopic (exact) mass is 509 g/mol. The fourth-order valence-electron chi connectivity index (χ4n) is 3.98. The van der Waals surface area contributed by atoms with Gasteiger partial charge in [0.1, 0.15) is 5.75 Å². The lowest BCUT2D eigenvalue weighted by Gasteiger charge is -2.34. The highest BCUT2D eigenvalue weighted by molar-refractivity contribution is 7.99. The molecule has 1 amide bonds. The van der Waals surface area contributed by atoms with Gasteiger partial charge in [0.15, 0.2) is 5.16 Å². The number of imidazole rings is 1. The lowest BCUT2D eigenvalue weighted by molar-refractivity contribution is 0.0696. The van der Waals surface area contributed by atoms with E-state index in [1.807, 2.05) is 42.1 Å². The summed E-state index contributed by atoms with van der Waals surface area (Å²) < 4.78 is 7.60. The van der Waals surface area contributed by atoms with Crippen LogP contribution in [0.15, 0.2) is 60.1 Å². The highest BCUT2D eigenvalue weighted by Gasteiger charge is 2.22. The molecule has 0 bridgehead atoms. The maximum absolute atomic E-state index is 12.6. The van der Waals surface area contributed by atoms with Crippen molar-refractivity contribution in [3.8, 4) is 5.75 Å². The summed E-state index contributed by atoms with van der Waals surface area (Å²) in [6.07, 6.45) is 7.47. The molecule has 0 saturated carbocycles. The first-order valence-electron chi connectivity index (χ1n) is 12.0. The number of carbonyl (C=O) groups is 2. The molecule has 190 valence electrons. The average molecular weight is 510 g/mol. The molecule has 10 heteroatoms. The van der Waals surface area contributed by atoms with Crippen molar-refractivity contribution >= 4 is 23.8 Å². The number of pyridine rings is 1. The summed E-state index contributed by atoms with van der Waals surface area (Å²) in [7, 11) is 1.99. The van der Waals surface area contributed by atoms with Crippen LogP contribution in [-0.4, -0.2) is 80.0 Å². The van der Waals surface area contributed by atoms with E-state index in [1.54, 1.807) is 35.0 Å². The third-order valence-electron chi connectivity index (χ3n) is 6.14. The number of hydrogen-bond donors (Lipinski definition) is 1. The zero-order valence-corrected chi connectivity index (χ0v) is 21.2. The van der Waals surface area contributed by atoms with Crippen molar-refractivity contribution in [2.24, 2.45) is 7.05 Å². The Morgan fingerprint density at radius 2 is 1.81 bits per heavy atom. The molecule has 0 aliphatic carbocycles. The highest BCUT2D eigenvalue weighted by atomic mass is 32.2. The molecule has 1 aromatic carbocycles. The van der Waals surface area contributed by atoms with E-state index in [4.69, 9.17) is 9.84 Å². The van der Waals surface area contributed by atoms with Gasteiger partial charge in [-0.15, -0.1) is 0 Å². The number of aromatic carboxylic acids is 1. The molecule has 1 saturated heterocycles. The van der Waals surface area contributed by atoms with Gasteiger partial charge in [0, 0.05) is 63.3 Å². The number of hydrogen-bond acceptors (Lipinski definition) is 7. The molecule has 0 unspecified atom stereocenters. The van der Waals surface area contributed by atoms with E-state index < -0.39 is 5.97 Å². The van der Waals surface area contributed by atoms with Gasteiger partial charge in [0.2, 0.25) is 0 Å². The summed E-state index contributed by atoms with van der Waals surface area (Å²) in [5.41, 5.74) is 2.28. The Hall–Kier alpha value is -3.37. The first-order valence-corrected chi connectivity index (χ1v) is 13.0. The molecule has 1 aliphatic heterocycles. The number of carbonyl (C=O) groups excluding carboxylic acids is 1. The van der Waals surface area contributed by atoms with Crippen LogP contribution in [-0.2, 0) is 19.9 Å². The number of benzene rings is 1. The van der Waals surface area contributed by atoms with E-state index in [0.29, 0.717) is 18.8 Å². The van der Waals surface area contributed by atoms with Crippen LogP contribution in [0, 0.1) is 0 Å². The predicted octanol–water partition coefficient (Wildman–Crippen LogP) is 3.60. The van der Waals surface area contributed by atoms with Crippen LogP contribution >= 0.6 is 11.8 Å². The molecule has 4 rings (SSSR count). The third kappa shape index (κ3) is 7.32. The maximum Gasteiger partial charge on any atom is 0.415 e. The van der Waals surface area contributed by atoms with Gasteiger partial charge >= 0.3 is 12.1 Å². The fourth-order valence-corrected chi connectivity index (χ4v) is 4.90. The number of aryl methyl sites for hydroxylation is 3. The SMILES string of the molecule is Cn1ccnc1SCCc1ccc(OC(=O)N2CCN(CCCc3ccc(C(=O)O)cn3)CC2)cc1. The van der Waals surface area contributed by atoms with Crippen molar-refractivity contribution in [2.75, 3.05) is 38.5 Å². The maximum atomic E-state index is 12.6. The van der Waals surface area contributed by atoms with Crippen LogP contribution in [0.3, 0.4) is 0 Å². The lowest BCUT2D eigenvalue weighted by atomic mass is 10.2. The number of amides is 1. The topological polar surface area (TPSA) is 101 Å². The van der Waals surface area contributed by atoms with Crippen molar-refractivity contribution in [1.29, 1.82) is 0 Å². The molecule has 3 aromatic rings. The van der Waals surface area contributed by atoms with Crippen LogP contribution in [0.25, 0.3) is 0 Å². The Bertz CT molecular complexity index is 1140. The molecule has 0 atom stereocenters. The first-order chi connectivity index (χ1) is 17.5. The third-order valence-corrected chi connectivity index (χ3v) is 7.20. The molecule has 0 radical (unpaired) electrons. The normalized spacial score (nSPS) is 14.1. The molecule has 36 heavy (non-hydrogen) atoms. The van der Waals surface area contributed by atoms with Crippen LogP contribution in [0.2, 0.25) is 0 Å². The minimum atomic E-state index is -0.964. The van der Waals surface area contributed by atoms with Crippen molar-refractivity contribution in [3.05, 3.63) is 71.8 Å². The second-order valence-electron chi connectivity index (χ2n) is 8.71. The van der Waals surface area contributed by atoms with Gasteiger partial charge in [-0.25, -0.2) is 14.6 Å². The fraction of sp³-hybridized carbons (Fsp3) is 0.385. The van der Waals surface area contributed by atoms with E-state index in [9.17, 15) is 9.59 Å². The molecule has 1 N–H and O–H groups in total. The molecule has 0 spiro atoms. The van der Waals surface area contributed by atoms with Gasteiger partial charge in [0.25, 0.3) is 0 Å². The van der Waals surface area contributed by atoms with Gasteiger partial charge in [-0.3, -0.25) is 9.88 Å². The van der Waals surface area contributed by atoms with Crippen molar-refractivity contribution in [3.63, 3.8) is 0 Å². The molecule has 1 fully saturated rings. The number of carboxylic acids is 1. The highest BCUT2D eigenvalue weighted by Crippen LogP contribution is 2.19. The Morgan fingerprint density at radius 3 is 2.44 bits per heavy atom. The number of piperazine rings is 1. The Morgan fingerprint density at radius 1 is 1.03 bits per heavy atom. The van der Waals surface area contributed by atoms with Crippen molar-refractivity contribution in [2.45, 2.75) is 24.4 Å². The second-order valence-corrected chi connectivity index (χ2v) is 9.77. The molecule has 2 aromatic heterocycles. The van der Waals surface area contributed by atoms with Crippen LogP contribution in [0.1, 0.15) is 28.0 Å². The van der Waals surface area contributed by atoms with E-state index in [0.717, 1.165) is 55.5 Å². The first kappa shape index (κ1) is 25.7. The Balaban J connectivity index is 1.13. The number of ether oxygens (including phenoxy) is 1. The Labute approximate surface area is 215 Å². The summed E-state index contributed by atoms with van der Waals surface area (Å²) in [6.45, 7) is 3.77. The summed E-state index contributed by atoms with van der Waals surface area (Å²) >= 11 is 1.72. The van der Waals surface area contributed by atoms with Crippen LogP contribution in [0.4, 0.5) is 4.79 Å². The zero-order chi connectivity index (χ0) is 25.3. The minimum Gasteiger partial charge on any atom is -0.478 e. The standard InChI is InChI=1S/C26H31N5O4S/c1-29-13-11-27-25(29)36-18-10-20-4-8-23(9-5-20)35-26(34)31-16-14-30(15-17-31)12-2-3-22-7-6-21(19-28-22)24(32)33/h4-9,11,13,19H,2-3,10,12,14-18H2,1H3,(H,32,33). The van der Waals surface area contributed by atoms with Crippen LogP contribution < -0.4 is 4.74 Å². The summed E-state index contributed by atoms with van der Waals surface area (Å²) in [4.78, 5) is 36.1. The minimum absolute atomic E-state index is 0.202. The van der Waals surface area contributed by atoms with Gasteiger partial charge in [-0.05, 0) is 55.6 Å². The second kappa shape index (κ2) is 12.5. The molecule has 3 heterocycles. The number of thioether (sulfide) groups is 1. The van der Waals surface area contributed by atoms with Gasteiger partial charge in [-0.1, -0.05) is 23.9 Å². The summed E-state index contributed by atoms with van der Waals surface area (Å²) in [6, 6.07) is 11.1. The van der Waals surface area contributed by atoms with E-state index >= 15 is 0 Å². The van der Waals surface area contributed by atoms with E-state index in [1.165, 1.54) is 11.8 Å². The smallest absolute Gasteiger partial charge is 0.415 e. The quantitative estimate of drug-likeness (QED) is 0.414.